The Morgan fingerprint density at radius 1 is 1.00 bits per heavy atom. The van der Waals surface area contributed by atoms with Gasteiger partial charge in [0, 0.05) is 43.1 Å². The average Bonchev–Trinajstić information content (AvgIpc) is 4.06. The monoisotopic (exact) mass is 740 g/mol. The van der Waals surface area contributed by atoms with Gasteiger partial charge in [0.05, 0.1) is 5.69 Å². The first-order valence-electron chi connectivity index (χ1n) is 19.1. The molecular formula is C39H51F3N6O5. The van der Waals surface area contributed by atoms with Crippen LogP contribution in [0.25, 0.3) is 0 Å². The number of nitrogens with zero attached hydrogens (tertiary/aromatic N) is 3. The Labute approximate surface area is 308 Å². The van der Waals surface area contributed by atoms with Crippen molar-refractivity contribution >= 4 is 29.5 Å². The highest BCUT2D eigenvalue weighted by atomic mass is 19.3. The molecule has 4 saturated carbocycles. The highest BCUT2D eigenvalue weighted by Crippen LogP contribution is 2.66. The number of carbonyl (C=O) groups is 4. The summed E-state index contributed by atoms with van der Waals surface area (Å²) >= 11 is 0. The van der Waals surface area contributed by atoms with E-state index < -0.39 is 64.1 Å². The highest BCUT2D eigenvalue weighted by Gasteiger charge is 2.71. The van der Waals surface area contributed by atoms with Crippen LogP contribution in [0.4, 0.5) is 23.7 Å². The fourth-order valence-corrected chi connectivity index (χ4v) is 8.94. The zero-order valence-electron chi connectivity index (χ0n) is 31.0. The fourth-order valence-electron chi connectivity index (χ4n) is 8.94. The summed E-state index contributed by atoms with van der Waals surface area (Å²) < 4.78 is 51.4. The number of hydrogen-bond acceptors (Lipinski definition) is 6. The number of nitrogens with one attached hydrogen (secondary N) is 3. The molecule has 5 aliphatic rings. The molecule has 2 heterocycles. The molecule has 0 bridgehead atoms. The molecule has 53 heavy (non-hydrogen) atoms. The van der Waals surface area contributed by atoms with Crippen molar-refractivity contribution in [2.75, 3.05) is 18.4 Å². The van der Waals surface area contributed by atoms with Crippen molar-refractivity contribution < 1.29 is 37.1 Å². The van der Waals surface area contributed by atoms with Crippen molar-refractivity contribution in [3.05, 3.63) is 47.5 Å². The number of alkyl carbamates (subject to hydrolysis) is 1. The van der Waals surface area contributed by atoms with E-state index in [9.17, 15) is 28.0 Å². The van der Waals surface area contributed by atoms with Gasteiger partial charge in [0.25, 0.3) is 11.8 Å². The van der Waals surface area contributed by atoms with Crippen LogP contribution >= 0.6 is 0 Å². The summed E-state index contributed by atoms with van der Waals surface area (Å²) in [5.41, 5.74) is -1.93. The molecule has 2 aromatic rings. The second kappa shape index (κ2) is 13.3. The second-order valence-corrected chi connectivity index (χ2v) is 17.2. The summed E-state index contributed by atoms with van der Waals surface area (Å²) in [6.07, 6.45) is 7.66. The maximum Gasteiger partial charge on any atom is 0.408 e. The molecule has 288 valence electrons. The van der Waals surface area contributed by atoms with E-state index in [-0.39, 0.29) is 49.4 Å². The molecule has 11 nitrogen and oxygen atoms in total. The maximum absolute atomic E-state index is 16.1. The van der Waals surface area contributed by atoms with Gasteiger partial charge in [0.1, 0.15) is 29.2 Å². The van der Waals surface area contributed by atoms with E-state index in [1.807, 2.05) is 6.92 Å². The summed E-state index contributed by atoms with van der Waals surface area (Å²) in [5.74, 6) is -4.92. The molecule has 7 rings (SSSR count). The van der Waals surface area contributed by atoms with E-state index in [0.717, 1.165) is 38.5 Å². The molecule has 4 amide bonds. The van der Waals surface area contributed by atoms with Crippen molar-refractivity contribution in [1.29, 1.82) is 0 Å². The first-order valence-corrected chi connectivity index (χ1v) is 19.1. The van der Waals surface area contributed by atoms with Crippen LogP contribution in [0.2, 0.25) is 0 Å². The Morgan fingerprint density at radius 3 is 2.28 bits per heavy atom. The molecule has 1 aromatic heterocycles. The van der Waals surface area contributed by atoms with Gasteiger partial charge >= 0.3 is 6.09 Å². The third kappa shape index (κ3) is 7.38. The second-order valence-electron chi connectivity index (χ2n) is 17.2. The SMILES string of the molecule is CCn1nccc1C(=O)N[C@H](C(=O)Nc1ccc(C2([C@@H](NC(=O)OC(C)(C)C)C(=O)N3CCC4(CC3)CC4(F)F)CC2)cc1F)[C@H]1CCCC2(CC2)C1. The number of anilines is 1. The molecule has 3 atom stereocenters. The van der Waals surface area contributed by atoms with Gasteiger partial charge in [-0.2, -0.15) is 5.10 Å². The molecule has 1 aliphatic heterocycles. The van der Waals surface area contributed by atoms with Gasteiger partial charge in [-0.3, -0.25) is 19.1 Å². The molecule has 0 radical (unpaired) electrons. The summed E-state index contributed by atoms with van der Waals surface area (Å²) in [4.78, 5) is 56.1. The van der Waals surface area contributed by atoms with E-state index >= 15 is 4.39 Å². The molecule has 1 saturated heterocycles. The lowest BCUT2D eigenvalue weighted by molar-refractivity contribution is -0.136. The summed E-state index contributed by atoms with van der Waals surface area (Å²) in [6, 6.07) is 3.96. The zero-order valence-corrected chi connectivity index (χ0v) is 31.0. The van der Waals surface area contributed by atoms with E-state index in [0.29, 0.717) is 30.6 Å². The number of alkyl halides is 2. The van der Waals surface area contributed by atoms with Crippen LogP contribution in [-0.4, -0.2) is 75.2 Å². The standard InChI is InChI=1S/C39H51F3N6O5/c1-5-48-28(10-18-43-48)31(49)45-29(24-7-6-11-36(22-24)12-13-36)32(50)44-27-9-8-25(21-26(27)40)38(14-15-38)30(46-34(52)53-35(2,3)4)33(51)47-19-16-37(17-20-47)23-39(37,41)42/h8-10,18,21,24,29-30H,5-7,11-17,19-20,22-23H2,1-4H3,(H,44,50)(H,45,49)(H,46,52)/t24-,29-,30-/m0/s1. The van der Waals surface area contributed by atoms with Crippen LogP contribution < -0.4 is 16.0 Å². The molecule has 5 fully saturated rings. The number of carbonyl (C=O) groups excluding carboxylic acids is 4. The molecule has 0 unspecified atom stereocenters. The Morgan fingerprint density at radius 2 is 1.70 bits per heavy atom. The minimum absolute atomic E-state index is 0.0704. The first kappa shape index (κ1) is 37.2. The van der Waals surface area contributed by atoms with Crippen molar-refractivity contribution in [2.24, 2.45) is 16.7 Å². The number of piperidine rings is 1. The third-order valence-corrected chi connectivity index (χ3v) is 12.5. The normalized spacial score (nSPS) is 24.1. The number of aryl methyl sites for hydroxylation is 1. The van der Waals surface area contributed by atoms with E-state index in [4.69, 9.17) is 4.74 Å². The van der Waals surface area contributed by atoms with Crippen LogP contribution in [0.5, 0.6) is 0 Å². The fraction of sp³-hybridized carbons (Fsp3) is 0.667. The number of hydrogen-bond donors (Lipinski definition) is 3. The van der Waals surface area contributed by atoms with Gasteiger partial charge in [-0.25, -0.2) is 18.0 Å². The molecular weight excluding hydrogens is 689 g/mol. The van der Waals surface area contributed by atoms with Crippen LogP contribution in [-0.2, 0) is 26.3 Å². The number of halogens is 3. The van der Waals surface area contributed by atoms with Gasteiger partial charge in [-0.05, 0) is 121 Å². The number of likely N-dealkylation sites (tertiary alicyclic amines) is 1. The smallest absolute Gasteiger partial charge is 0.408 e. The Hall–Kier alpha value is -4.10. The van der Waals surface area contributed by atoms with Gasteiger partial charge in [0.2, 0.25) is 11.8 Å². The molecule has 4 aliphatic carbocycles. The van der Waals surface area contributed by atoms with Gasteiger partial charge in [-0.15, -0.1) is 0 Å². The van der Waals surface area contributed by atoms with E-state index in [1.165, 1.54) is 23.2 Å². The van der Waals surface area contributed by atoms with Crippen LogP contribution in [0.15, 0.2) is 30.5 Å². The summed E-state index contributed by atoms with van der Waals surface area (Å²) in [6.45, 7) is 7.73. The number of amides is 4. The lowest BCUT2D eigenvalue weighted by Gasteiger charge is -2.37. The minimum atomic E-state index is -2.72. The number of benzene rings is 1. The van der Waals surface area contributed by atoms with Crippen molar-refractivity contribution in [2.45, 2.75) is 134 Å². The lowest BCUT2D eigenvalue weighted by Crippen LogP contribution is -2.56. The number of rotatable bonds is 10. The van der Waals surface area contributed by atoms with Gasteiger partial charge in [0.15, 0.2) is 0 Å². The first-order chi connectivity index (χ1) is 25.0. The molecule has 3 N–H and O–H groups in total. The van der Waals surface area contributed by atoms with Crippen molar-refractivity contribution in [3.63, 3.8) is 0 Å². The topological polar surface area (TPSA) is 135 Å². The molecule has 1 aromatic carbocycles. The average molecular weight is 741 g/mol. The Balaban J connectivity index is 1.10. The van der Waals surface area contributed by atoms with Crippen molar-refractivity contribution in [3.8, 4) is 0 Å². The lowest BCUT2D eigenvalue weighted by atomic mass is 9.75. The van der Waals surface area contributed by atoms with Gasteiger partial charge < -0.3 is 25.6 Å². The third-order valence-electron chi connectivity index (χ3n) is 12.5. The minimum Gasteiger partial charge on any atom is -0.444 e. The number of ether oxygens (including phenoxy) is 1. The summed E-state index contributed by atoms with van der Waals surface area (Å²) in [7, 11) is 0. The van der Waals surface area contributed by atoms with Crippen LogP contribution in [0.3, 0.4) is 0 Å². The van der Waals surface area contributed by atoms with Crippen LogP contribution in [0.1, 0.15) is 114 Å². The molecule has 2 spiro atoms. The van der Waals surface area contributed by atoms with E-state index in [1.54, 1.807) is 37.6 Å². The van der Waals surface area contributed by atoms with E-state index in [2.05, 4.69) is 21.0 Å². The summed E-state index contributed by atoms with van der Waals surface area (Å²) in [5, 5.41) is 12.6. The van der Waals surface area contributed by atoms with Gasteiger partial charge in [-0.1, -0.05) is 12.5 Å². The predicted octanol–water partition coefficient (Wildman–Crippen LogP) is 6.32. The Kier molecular flexibility index (Phi) is 9.36. The Bertz CT molecular complexity index is 1770. The predicted molar refractivity (Wildman–Crippen MR) is 190 cm³/mol. The maximum atomic E-state index is 16.1. The zero-order chi connectivity index (χ0) is 38.0. The van der Waals surface area contributed by atoms with Crippen molar-refractivity contribution in [1.82, 2.24) is 25.3 Å². The highest BCUT2D eigenvalue weighted by molar-refractivity contribution is 6.01. The quantitative estimate of drug-likeness (QED) is 0.261. The number of aromatic nitrogens is 2. The van der Waals surface area contributed by atoms with Crippen LogP contribution in [0, 0.1) is 22.6 Å². The largest absolute Gasteiger partial charge is 0.444 e. The molecule has 14 heteroatoms.